The van der Waals surface area contributed by atoms with Crippen LogP contribution in [0, 0.1) is 0 Å². The molecule has 1 saturated heterocycles. The summed E-state index contributed by atoms with van der Waals surface area (Å²) in [4.78, 5) is 17.9. The Balaban J connectivity index is 1.13. The van der Waals surface area contributed by atoms with E-state index in [1.165, 1.54) is 5.56 Å². The summed E-state index contributed by atoms with van der Waals surface area (Å²) in [6.07, 6.45) is 4.66. The number of likely N-dealkylation sites (tertiary alicyclic amines) is 1. The number of aliphatic hydroxyl groups excluding tert-OH is 1. The van der Waals surface area contributed by atoms with Gasteiger partial charge in [0.05, 0.1) is 6.10 Å². The lowest BCUT2D eigenvalue weighted by Gasteiger charge is -2.39. The van der Waals surface area contributed by atoms with Crippen molar-refractivity contribution in [2.45, 2.75) is 69.8 Å². The Bertz CT molecular complexity index is 1290. The molecule has 0 bridgehead atoms. The van der Waals surface area contributed by atoms with E-state index >= 15 is 0 Å². The predicted octanol–water partition coefficient (Wildman–Crippen LogP) is 5.19. The summed E-state index contributed by atoms with van der Waals surface area (Å²) in [6.45, 7) is 2.95. The highest BCUT2D eigenvalue weighted by Gasteiger charge is 2.31. The van der Waals surface area contributed by atoms with Crippen molar-refractivity contribution in [3.05, 3.63) is 90.0 Å². The summed E-state index contributed by atoms with van der Waals surface area (Å²) in [5, 5.41) is 13.1. The lowest BCUT2D eigenvalue weighted by molar-refractivity contribution is 0.117. The van der Waals surface area contributed by atoms with Crippen LogP contribution in [0.5, 0.6) is 11.5 Å². The minimum absolute atomic E-state index is 0.0375. The van der Waals surface area contributed by atoms with Gasteiger partial charge in [0.1, 0.15) is 11.5 Å². The first-order valence-electron chi connectivity index (χ1n) is 14.7. The van der Waals surface area contributed by atoms with Crippen LogP contribution in [0.15, 0.2) is 78.9 Å². The number of carbonyl (C=O) groups is 1. The Kier molecular flexibility index (Phi) is 10.6. The summed E-state index contributed by atoms with van der Waals surface area (Å²) in [5.41, 5.74) is 3.02. The van der Waals surface area contributed by atoms with Crippen LogP contribution in [0.4, 0.5) is 10.5 Å². The maximum absolute atomic E-state index is 13.5. The van der Waals surface area contributed by atoms with Crippen LogP contribution >= 0.6 is 0 Å². The van der Waals surface area contributed by atoms with E-state index < -0.39 is 11.3 Å². The van der Waals surface area contributed by atoms with E-state index in [0.717, 1.165) is 75.2 Å². The third-order valence-electron chi connectivity index (χ3n) is 8.09. The van der Waals surface area contributed by atoms with Gasteiger partial charge in [0, 0.05) is 44.0 Å². The molecule has 10 heteroatoms. The Morgan fingerprint density at radius 3 is 2.05 bits per heavy atom. The van der Waals surface area contributed by atoms with Gasteiger partial charge in [-0.15, -0.1) is 0 Å². The maximum Gasteiger partial charge on any atom is 0.322 e. The van der Waals surface area contributed by atoms with Crippen LogP contribution in [0.1, 0.15) is 49.7 Å². The van der Waals surface area contributed by atoms with E-state index in [1.54, 1.807) is 0 Å². The molecule has 1 unspecified atom stereocenters. The summed E-state index contributed by atoms with van der Waals surface area (Å²) >= 11 is -2.03. The number of carbonyl (C=O) groups excluding carboxylic acids is 1. The minimum Gasteiger partial charge on any atom is -0.457 e. The van der Waals surface area contributed by atoms with Crippen molar-refractivity contribution < 1.29 is 23.4 Å². The van der Waals surface area contributed by atoms with Gasteiger partial charge in [-0.25, -0.2) is 13.7 Å². The Morgan fingerprint density at radius 1 is 0.857 bits per heavy atom. The van der Waals surface area contributed by atoms with Gasteiger partial charge in [0.2, 0.25) is 11.3 Å². The lowest BCUT2D eigenvalue weighted by Crippen LogP contribution is -2.53. The first kappa shape index (κ1) is 30.2. The van der Waals surface area contributed by atoms with Crippen molar-refractivity contribution in [3.8, 4) is 11.5 Å². The van der Waals surface area contributed by atoms with Gasteiger partial charge in [-0.3, -0.25) is 14.4 Å². The average Bonchev–Trinajstić information content (AvgIpc) is 3.00. The SMILES string of the molecule is O=C(NC1CCC(O)CC1)N(c1ccccc1)C1CCN(Cc2ccc(Oc3ccc(CNS(=O)O)cc3)cc2)CC1. The first-order valence-corrected chi connectivity index (χ1v) is 15.8. The Labute approximate surface area is 250 Å². The first-order chi connectivity index (χ1) is 20.4. The molecule has 0 radical (unpaired) electrons. The molecular weight excluding hydrogens is 552 g/mol. The van der Waals surface area contributed by atoms with Crippen LogP contribution in [0.2, 0.25) is 0 Å². The average molecular weight is 593 g/mol. The molecule has 4 N–H and O–H groups in total. The van der Waals surface area contributed by atoms with Gasteiger partial charge >= 0.3 is 6.03 Å². The highest BCUT2D eigenvalue weighted by molar-refractivity contribution is 7.77. The number of hydrogen-bond acceptors (Lipinski definition) is 5. The molecule has 9 nitrogen and oxygen atoms in total. The summed E-state index contributed by atoms with van der Waals surface area (Å²) < 4.78 is 28.1. The fraction of sp³-hybridized carbons (Fsp3) is 0.406. The molecule has 42 heavy (non-hydrogen) atoms. The molecule has 2 amide bonds. The van der Waals surface area contributed by atoms with Crippen molar-refractivity contribution in [1.29, 1.82) is 0 Å². The summed E-state index contributed by atoms with van der Waals surface area (Å²) in [6, 6.07) is 25.6. The number of ether oxygens (including phenoxy) is 1. The fourth-order valence-corrected chi connectivity index (χ4v) is 6.05. The van der Waals surface area contributed by atoms with Crippen molar-refractivity contribution >= 4 is 23.0 Å². The van der Waals surface area contributed by atoms with Crippen molar-refractivity contribution in [2.24, 2.45) is 0 Å². The molecule has 3 aromatic carbocycles. The zero-order valence-corrected chi connectivity index (χ0v) is 24.5. The van der Waals surface area contributed by atoms with E-state index in [2.05, 4.69) is 27.1 Å². The number of anilines is 1. The molecule has 1 atom stereocenters. The zero-order chi connectivity index (χ0) is 29.3. The number of piperidine rings is 1. The van der Waals surface area contributed by atoms with Gasteiger partial charge in [-0.2, -0.15) is 0 Å². The number of aliphatic hydroxyl groups is 1. The van der Waals surface area contributed by atoms with Gasteiger partial charge in [0.15, 0.2) is 0 Å². The molecular formula is C32H40N4O5S. The van der Waals surface area contributed by atoms with Crippen LogP contribution in [-0.2, 0) is 24.4 Å². The maximum atomic E-state index is 13.5. The lowest BCUT2D eigenvalue weighted by atomic mass is 9.93. The van der Waals surface area contributed by atoms with E-state index in [4.69, 9.17) is 9.29 Å². The van der Waals surface area contributed by atoms with Crippen LogP contribution in [-0.4, -0.2) is 56.1 Å². The second-order valence-electron chi connectivity index (χ2n) is 11.1. The number of rotatable bonds is 10. The van der Waals surface area contributed by atoms with Crippen LogP contribution in [0.3, 0.4) is 0 Å². The third kappa shape index (κ3) is 8.62. The molecule has 2 aliphatic rings. The summed E-state index contributed by atoms with van der Waals surface area (Å²) in [5.74, 6) is 1.45. The van der Waals surface area contributed by atoms with E-state index in [-0.39, 0.29) is 24.2 Å². The summed E-state index contributed by atoms with van der Waals surface area (Å²) in [7, 11) is 0. The number of hydrogen-bond donors (Lipinski definition) is 4. The van der Waals surface area contributed by atoms with Crippen molar-refractivity contribution in [1.82, 2.24) is 14.9 Å². The quantitative estimate of drug-likeness (QED) is 0.241. The molecule has 0 spiro atoms. The van der Waals surface area contributed by atoms with Crippen molar-refractivity contribution in [2.75, 3.05) is 18.0 Å². The number of urea groups is 1. The normalized spacial score (nSPS) is 20.5. The molecule has 1 aliphatic carbocycles. The molecule has 224 valence electrons. The smallest absolute Gasteiger partial charge is 0.322 e. The van der Waals surface area contributed by atoms with Crippen LogP contribution < -0.4 is 19.7 Å². The highest BCUT2D eigenvalue weighted by atomic mass is 32.2. The van der Waals surface area contributed by atoms with Gasteiger partial charge in [0.25, 0.3) is 0 Å². The van der Waals surface area contributed by atoms with Gasteiger partial charge in [-0.05, 0) is 86.1 Å². The Hall–Kier alpha value is -3.28. The predicted molar refractivity (Wildman–Crippen MR) is 165 cm³/mol. The van der Waals surface area contributed by atoms with E-state index in [1.807, 2.05) is 71.6 Å². The second-order valence-corrected chi connectivity index (χ2v) is 11.9. The Morgan fingerprint density at radius 2 is 1.45 bits per heavy atom. The number of para-hydroxylation sites is 1. The monoisotopic (exact) mass is 592 g/mol. The van der Waals surface area contributed by atoms with E-state index in [0.29, 0.717) is 12.3 Å². The standard InChI is InChI=1S/C32H40N4O5S/c37-29-12-10-26(11-13-29)34-32(38)36(27-4-2-1-3-5-27)28-18-20-35(21-19-28)23-25-8-16-31(17-9-25)41-30-14-6-24(7-15-30)22-33-42(39)40/h1-9,14-17,26,28-29,33,37H,10-13,18-23H2,(H,34,38)(H,39,40). The second kappa shape index (κ2) is 14.8. The molecule has 0 aromatic heterocycles. The van der Waals surface area contributed by atoms with Gasteiger partial charge < -0.3 is 15.2 Å². The topological polar surface area (TPSA) is 114 Å². The van der Waals surface area contributed by atoms with Crippen molar-refractivity contribution in [3.63, 3.8) is 0 Å². The highest BCUT2D eigenvalue weighted by Crippen LogP contribution is 2.27. The largest absolute Gasteiger partial charge is 0.457 e. The molecule has 2 fully saturated rings. The van der Waals surface area contributed by atoms with Crippen LogP contribution in [0.25, 0.3) is 0 Å². The third-order valence-corrected chi connectivity index (χ3v) is 8.48. The molecule has 1 saturated carbocycles. The number of nitrogens with zero attached hydrogens (tertiary/aromatic N) is 2. The van der Waals surface area contributed by atoms with E-state index in [9.17, 15) is 14.1 Å². The fourth-order valence-electron chi connectivity index (χ4n) is 5.76. The molecule has 5 rings (SSSR count). The number of amides is 2. The molecule has 1 aliphatic heterocycles. The zero-order valence-electron chi connectivity index (χ0n) is 23.7. The molecule has 1 heterocycles. The molecule has 3 aromatic rings. The number of benzene rings is 3. The minimum atomic E-state index is -2.03. The van der Waals surface area contributed by atoms with Gasteiger partial charge in [-0.1, -0.05) is 42.5 Å². The number of nitrogens with one attached hydrogen (secondary N) is 2.